The van der Waals surface area contributed by atoms with Gasteiger partial charge in [0.25, 0.3) is 0 Å². The van der Waals surface area contributed by atoms with Gasteiger partial charge in [0.15, 0.2) is 5.78 Å². The molecular formula is C15H11Cl2FO. The molecule has 19 heavy (non-hydrogen) atoms. The second-order valence-electron chi connectivity index (χ2n) is 4.37. The van der Waals surface area contributed by atoms with Crippen LogP contribution in [0.2, 0.25) is 10.0 Å². The Hall–Kier alpha value is -1.38. The number of hydrogen-bond donors (Lipinski definition) is 0. The van der Waals surface area contributed by atoms with Crippen molar-refractivity contribution in [2.24, 2.45) is 0 Å². The molecule has 0 bridgehead atoms. The van der Waals surface area contributed by atoms with Gasteiger partial charge >= 0.3 is 0 Å². The smallest absolute Gasteiger partial charge is 0.194 e. The molecule has 0 fully saturated rings. The Morgan fingerprint density at radius 2 is 1.63 bits per heavy atom. The van der Waals surface area contributed by atoms with E-state index in [-0.39, 0.29) is 16.4 Å². The first kappa shape index (κ1) is 14.0. The summed E-state index contributed by atoms with van der Waals surface area (Å²) in [5.41, 5.74) is 2.56. The molecule has 2 aromatic rings. The van der Waals surface area contributed by atoms with E-state index in [1.54, 1.807) is 12.1 Å². The van der Waals surface area contributed by atoms with Gasteiger partial charge < -0.3 is 0 Å². The summed E-state index contributed by atoms with van der Waals surface area (Å²) < 4.78 is 13.4. The van der Waals surface area contributed by atoms with E-state index in [2.05, 4.69) is 0 Å². The van der Waals surface area contributed by atoms with Crippen molar-refractivity contribution >= 4 is 29.0 Å². The van der Waals surface area contributed by atoms with Gasteiger partial charge in [0.05, 0.1) is 10.0 Å². The molecule has 1 nitrogen and oxygen atoms in total. The molecule has 0 radical (unpaired) electrons. The fourth-order valence-electron chi connectivity index (χ4n) is 1.75. The first-order valence-electron chi connectivity index (χ1n) is 5.66. The van der Waals surface area contributed by atoms with E-state index < -0.39 is 5.82 Å². The molecule has 0 aliphatic carbocycles. The fraction of sp³-hybridized carbons (Fsp3) is 0.133. The minimum Gasteiger partial charge on any atom is -0.289 e. The quantitative estimate of drug-likeness (QED) is 0.714. The van der Waals surface area contributed by atoms with Crippen molar-refractivity contribution in [3.63, 3.8) is 0 Å². The van der Waals surface area contributed by atoms with E-state index in [4.69, 9.17) is 23.2 Å². The second-order valence-corrected chi connectivity index (χ2v) is 5.19. The van der Waals surface area contributed by atoms with E-state index in [9.17, 15) is 9.18 Å². The molecule has 4 heteroatoms. The van der Waals surface area contributed by atoms with Crippen LogP contribution in [-0.4, -0.2) is 5.78 Å². The zero-order chi connectivity index (χ0) is 14.2. The Morgan fingerprint density at radius 1 is 1.00 bits per heavy atom. The van der Waals surface area contributed by atoms with Crippen LogP contribution in [0.5, 0.6) is 0 Å². The highest BCUT2D eigenvalue weighted by Gasteiger charge is 2.15. The molecule has 0 heterocycles. The van der Waals surface area contributed by atoms with Crippen molar-refractivity contribution in [1.29, 1.82) is 0 Å². The van der Waals surface area contributed by atoms with Crippen molar-refractivity contribution in [3.05, 3.63) is 68.4 Å². The fourth-order valence-corrected chi connectivity index (χ4v) is 2.17. The van der Waals surface area contributed by atoms with Gasteiger partial charge in [0.1, 0.15) is 5.82 Å². The first-order chi connectivity index (χ1) is 8.90. The Labute approximate surface area is 121 Å². The van der Waals surface area contributed by atoms with E-state index in [0.717, 1.165) is 17.2 Å². The molecule has 2 aromatic carbocycles. The van der Waals surface area contributed by atoms with Crippen LogP contribution in [0.4, 0.5) is 4.39 Å². The number of hydrogen-bond acceptors (Lipinski definition) is 1. The molecule has 0 atom stereocenters. The Morgan fingerprint density at radius 3 is 2.26 bits per heavy atom. The number of ketones is 1. The maximum atomic E-state index is 13.4. The van der Waals surface area contributed by atoms with Crippen LogP contribution >= 0.6 is 23.2 Å². The Balaban J connectivity index is 2.49. The largest absolute Gasteiger partial charge is 0.289 e. The molecule has 0 aromatic heterocycles. The topological polar surface area (TPSA) is 17.1 Å². The number of benzene rings is 2. The number of rotatable bonds is 2. The maximum absolute atomic E-state index is 13.4. The molecule has 0 aliphatic heterocycles. The number of carbonyl (C=O) groups is 1. The predicted molar refractivity (Wildman–Crippen MR) is 75.8 cm³/mol. The van der Waals surface area contributed by atoms with E-state index in [1.165, 1.54) is 12.1 Å². The van der Waals surface area contributed by atoms with Crippen LogP contribution in [-0.2, 0) is 0 Å². The predicted octanol–water partition coefficient (Wildman–Crippen LogP) is 4.98. The van der Waals surface area contributed by atoms with Gasteiger partial charge in [-0.05, 0) is 55.3 Å². The summed E-state index contributed by atoms with van der Waals surface area (Å²) in [6.07, 6.45) is 0. The monoisotopic (exact) mass is 296 g/mol. The molecule has 0 saturated carbocycles. The van der Waals surface area contributed by atoms with Crippen molar-refractivity contribution in [2.75, 3.05) is 0 Å². The molecule has 0 saturated heterocycles. The van der Waals surface area contributed by atoms with Gasteiger partial charge in [-0.15, -0.1) is 0 Å². The van der Waals surface area contributed by atoms with Gasteiger partial charge in [-0.1, -0.05) is 23.2 Å². The van der Waals surface area contributed by atoms with E-state index in [0.29, 0.717) is 10.6 Å². The molecule has 0 amide bonds. The summed E-state index contributed by atoms with van der Waals surface area (Å²) in [6.45, 7) is 3.81. The van der Waals surface area contributed by atoms with Crippen molar-refractivity contribution < 1.29 is 9.18 Å². The SMILES string of the molecule is Cc1cc(Cl)c(C(=O)c2ccc(Cl)c(F)c2)cc1C. The average Bonchev–Trinajstić information content (AvgIpc) is 2.36. The molecule has 98 valence electrons. The highest BCUT2D eigenvalue weighted by atomic mass is 35.5. The third kappa shape index (κ3) is 2.80. The van der Waals surface area contributed by atoms with Gasteiger partial charge in [0, 0.05) is 11.1 Å². The minimum atomic E-state index is -0.618. The van der Waals surface area contributed by atoms with Crippen LogP contribution < -0.4 is 0 Å². The zero-order valence-electron chi connectivity index (χ0n) is 10.4. The van der Waals surface area contributed by atoms with Crippen LogP contribution in [0.3, 0.4) is 0 Å². The summed E-state index contributed by atoms with van der Waals surface area (Å²) in [5, 5.41) is 0.353. The number of carbonyl (C=O) groups excluding carboxylic acids is 1. The lowest BCUT2D eigenvalue weighted by molar-refractivity contribution is 0.103. The first-order valence-corrected chi connectivity index (χ1v) is 6.42. The summed E-state index contributed by atoms with van der Waals surface area (Å²) >= 11 is 11.7. The standard InChI is InChI=1S/C15H11Cl2FO/c1-8-5-11(13(17)6-9(8)2)15(19)10-3-4-12(16)14(18)7-10/h3-7H,1-2H3. The van der Waals surface area contributed by atoms with Crippen molar-refractivity contribution in [1.82, 2.24) is 0 Å². The Kier molecular flexibility index (Phi) is 3.93. The third-order valence-corrected chi connectivity index (χ3v) is 3.63. The average molecular weight is 297 g/mol. The summed E-state index contributed by atoms with van der Waals surface area (Å²) in [4.78, 5) is 12.3. The lowest BCUT2D eigenvalue weighted by atomic mass is 9.99. The molecule has 0 unspecified atom stereocenters. The highest BCUT2D eigenvalue weighted by Crippen LogP contribution is 2.25. The van der Waals surface area contributed by atoms with E-state index >= 15 is 0 Å². The van der Waals surface area contributed by atoms with Crippen LogP contribution in [0, 0.1) is 19.7 Å². The lowest BCUT2D eigenvalue weighted by Gasteiger charge is -2.08. The van der Waals surface area contributed by atoms with Gasteiger partial charge in [-0.3, -0.25) is 4.79 Å². The highest BCUT2D eigenvalue weighted by molar-refractivity contribution is 6.35. The summed E-state index contributed by atoms with van der Waals surface area (Å²) in [5.74, 6) is -0.934. The Bertz CT molecular complexity index is 665. The second kappa shape index (κ2) is 5.32. The molecule has 0 N–H and O–H groups in total. The van der Waals surface area contributed by atoms with Gasteiger partial charge in [-0.25, -0.2) is 4.39 Å². The van der Waals surface area contributed by atoms with Crippen molar-refractivity contribution in [3.8, 4) is 0 Å². The normalized spacial score (nSPS) is 10.6. The van der Waals surface area contributed by atoms with Crippen molar-refractivity contribution in [2.45, 2.75) is 13.8 Å². The van der Waals surface area contributed by atoms with Crippen LogP contribution in [0.25, 0.3) is 0 Å². The van der Waals surface area contributed by atoms with Crippen LogP contribution in [0.15, 0.2) is 30.3 Å². The maximum Gasteiger partial charge on any atom is 0.194 e. The van der Waals surface area contributed by atoms with E-state index in [1.807, 2.05) is 13.8 Å². The van der Waals surface area contributed by atoms with Gasteiger partial charge in [0.2, 0.25) is 0 Å². The molecular weight excluding hydrogens is 286 g/mol. The number of aryl methyl sites for hydroxylation is 2. The van der Waals surface area contributed by atoms with Gasteiger partial charge in [-0.2, -0.15) is 0 Å². The summed E-state index contributed by atoms with van der Waals surface area (Å²) in [7, 11) is 0. The lowest BCUT2D eigenvalue weighted by Crippen LogP contribution is -2.04. The molecule has 0 aliphatic rings. The molecule has 0 spiro atoms. The zero-order valence-corrected chi connectivity index (χ0v) is 11.9. The number of halogens is 3. The third-order valence-electron chi connectivity index (χ3n) is 3.01. The molecule has 2 rings (SSSR count). The minimum absolute atomic E-state index is 0.0114. The van der Waals surface area contributed by atoms with Crippen LogP contribution in [0.1, 0.15) is 27.0 Å². The summed E-state index contributed by atoms with van der Waals surface area (Å²) in [6, 6.07) is 7.41.